The van der Waals surface area contributed by atoms with Gasteiger partial charge in [0.1, 0.15) is 16.7 Å². The lowest BCUT2D eigenvalue weighted by molar-refractivity contribution is 0.0338. The molecular weight excluding hydrogens is 402 g/mol. The average molecular weight is 424 g/mol. The van der Waals surface area contributed by atoms with Gasteiger partial charge in [-0.25, -0.2) is 13.2 Å². The zero-order chi connectivity index (χ0) is 20.3. The molecule has 0 radical (unpaired) electrons. The highest BCUT2D eigenvalue weighted by Gasteiger charge is 2.31. The first-order valence-corrected chi connectivity index (χ1v) is 10.8. The van der Waals surface area contributed by atoms with Gasteiger partial charge in [0, 0.05) is 23.7 Å². The molecule has 0 unspecified atom stereocenters. The molecule has 6 nitrogen and oxygen atoms in total. The fourth-order valence-electron chi connectivity index (χ4n) is 3.17. The number of rotatable bonds is 6. The number of sulfonamides is 1. The summed E-state index contributed by atoms with van der Waals surface area (Å²) in [5.41, 5.74) is 0.813. The molecule has 150 valence electrons. The summed E-state index contributed by atoms with van der Waals surface area (Å²) >= 11 is 6.15. The van der Waals surface area contributed by atoms with Crippen LogP contribution in [0.1, 0.15) is 41.8 Å². The Kier molecular flexibility index (Phi) is 6.27. The van der Waals surface area contributed by atoms with Crippen LogP contribution in [-0.2, 0) is 14.8 Å². The van der Waals surface area contributed by atoms with Crippen molar-refractivity contribution in [3.8, 4) is 5.75 Å². The molecule has 3 rings (SSSR count). The highest BCUT2D eigenvalue weighted by Crippen LogP contribution is 2.31. The molecule has 2 aromatic carbocycles. The maximum atomic E-state index is 13.0. The third-order valence-corrected chi connectivity index (χ3v) is 6.97. The summed E-state index contributed by atoms with van der Waals surface area (Å²) in [6, 6.07) is 11.4. The molecule has 0 bridgehead atoms. The normalized spacial score (nSPS) is 16.0. The number of nitrogens with zero attached hydrogens (tertiary/aromatic N) is 1. The number of hydrogen-bond donors (Lipinski definition) is 0. The lowest BCUT2D eigenvalue weighted by Gasteiger charge is -2.19. The molecule has 0 spiro atoms. The second-order valence-electron chi connectivity index (χ2n) is 6.55. The van der Waals surface area contributed by atoms with Crippen LogP contribution in [0.3, 0.4) is 0 Å². The summed E-state index contributed by atoms with van der Waals surface area (Å²) < 4.78 is 38.0. The molecule has 0 saturated carbocycles. The number of esters is 1. The van der Waals surface area contributed by atoms with Gasteiger partial charge in [-0.15, -0.1) is 0 Å². The molecule has 0 amide bonds. The molecule has 0 N–H and O–H groups in total. The van der Waals surface area contributed by atoms with Crippen molar-refractivity contribution >= 4 is 27.6 Å². The summed E-state index contributed by atoms with van der Waals surface area (Å²) in [5.74, 6) is -0.435. The van der Waals surface area contributed by atoms with Crippen LogP contribution in [0.4, 0.5) is 0 Å². The minimum atomic E-state index is -3.75. The van der Waals surface area contributed by atoms with Gasteiger partial charge in [-0.05, 0) is 44.0 Å². The van der Waals surface area contributed by atoms with Crippen LogP contribution in [0, 0.1) is 0 Å². The Morgan fingerprint density at radius 1 is 1.14 bits per heavy atom. The van der Waals surface area contributed by atoms with Crippen LogP contribution in [0.25, 0.3) is 0 Å². The van der Waals surface area contributed by atoms with Crippen LogP contribution in [0.15, 0.2) is 47.4 Å². The predicted molar refractivity (Wildman–Crippen MR) is 106 cm³/mol. The topological polar surface area (TPSA) is 72.9 Å². The fraction of sp³-hybridized carbons (Fsp3) is 0.350. The minimum absolute atomic E-state index is 0.0308. The Bertz CT molecular complexity index is 970. The summed E-state index contributed by atoms with van der Waals surface area (Å²) in [7, 11) is -2.35. The SMILES string of the molecule is COc1ccc(C(=O)O[C@H](C)c2ccccc2Cl)cc1S(=O)(=O)N1CCCC1. The summed E-state index contributed by atoms with van der Waals surface area (Å²) in [4.78, 5) is 12.6. The Labute approximate surface area is 170 Å². The summed E-state index contributed by atoms with van der Waals surface area (Å²) in [6.07, 6.45) is 1.05. The highest BCUT2D eigenvalue weighted by atomic mass is 35.5. The molecule has 28 heavy (non-hydrogen) atoms. The monoisotopic (exact) mass is 423 g/mol. The van der Waals surface area contributed by atoms with E-state index in [4.69, 9.17) is 21.1 Å². The predicted octanol–water partition coefficient (Wildman–Crippen LogP) is 4.05. The fourth-order valence-corrected chi connectivity index (χ4v) is 5.16. The standard InChI is InChI=1S/C20H22ClNO5S/c1-14(16-7-3-4-8-17(16)21)27-20(23)15-9-10-18(26-2)19(13-15)28(24,25)22-11-5-6-12-22/h3-4,7-10,13-14H,5-6,11-12H2,1-2H3/t14-/m1/s1. The molecule has 1 saturated heterocycles. The van der Waals surface area contributed by atoms with Crippen molar-refractivity contribution in [2.45, 2.75) is 30.8 Å². The number of halogens is 1. The Balaban J connectivity index is 1.88. The van der Waals surface area contributed by atoms with Gasteiger partial charge >= 0.3 is 5.97 Å². The van der Waals surface area contributed by atoms with Gasteiger partial charge in [-0.3, -0.25) is 0 Å². The van der Waals surface area contributed by atoms with Crippen LogP contribution < -0.4 is 4.74 Å². The molecule has 1 atom stereocenters. The number of ether oxygens (including phenoxy) is 2. The van der Waals surface area contributed by atoms with E-state index in [0.29, 0.717) is 23.7 Å². The van der Waals surface area contributed by atoms with Gasteiger partial charge in [0.05, 0.1) is 12.7 Å². The van der Waals surface area contributed by atoms with Crippen LogP contribution >= 0.6 is 11.6 Å². The summed E-state index contributed by atoms with van der Waals surface area (Å²) in [5, 5.41) is 0.495. The first kappa shape index (κ1) is 20.6. The molecule has 2 aromatic rings. The molecular formula is C20H22ClNO5S. The Hall–Kier alpha value is -2.09. The maximum absolute atomic E-state index is 13.0. The number of hydrogen-bond acceptors (Lipinski definition) is 5. The second kappa shape index (κ2) is 8.51. The van der Waals surface area contributed by atoms with E-state index in [1.807, 2.05) is 0 Å². The maximum Gasteiger partial charge on any atom is 0.338 e. The molecule has 0 aliphatic carbocycles. The van der Waals surface area contributed by atoms with E-state index in [1.54, 1.807) is 31.2 Å². The average Bonchev–Trinajstić information content (AvgIpc) is 3.23. The summed E-state index contributed by atoms with van der Waals surface area (Å²) in [6.45, 7) is 2.64. The quantitative estimate of drug-likeness (QED) is 0.655. The Morgan fingerprint density at radius 2 is 1.82 bits per heavy atom. The lowest BCUT2D eigenvalue weighted by atomic mass is 10.1. The smallest absolute Gasteiger partial charge is 0.338 e. The van der Waals surface area contributed by atoms with Gasteiger partial charge in [0.15, 0.2) is 0 Å². The zero-order valence-corrected chi connectivity index (χ0v) is 17.3. The van der Waals surface area contributed by atoms with Gasteiger partial charge in [-0.2, -0.15) is 4.31 Å². The second-order valence-corrected chi connectivity index (χ2v) is 8.86. The molecule has 0 aromatic heterocycles. The number of carbonyl (C=O) groups is 1. The minimum Gasteiger partial charge on any atom is -0.495 e. The largest absolute Gasteiger partial charge is 0.495 e. The third-order valence-electron chi connectivity index (χ3n) is 4.71. The number of benzene rings is 2. The lowest BCUT2D eigenvalue weighted by Crippen LogP contribution is -2.28. The van der Waals surface area contributed by atoms with Crippen LogP contribution in [0.5, 0.6) is 5.75 Å². The van der Waals surface area contributed by atoms with E-state index < -0.39 is 22.1 Å². The molecule has 1 heterocycles. The molecule has 8 heteroatoms. The van der Waals surface area contributed by atoms with Gasteiger partial charge in [0.25, 0.3) is 0 Å². The van der Waals surface area contributed by atoms with E-state index in [-0.39, 0.29) is 16.2 Å². The van der Waals surface area contributed by atoms with Crippen molar-refractivity contribution < 1.29 is 22.7 Å². The van der Waals surface area contributed by atoms with E-state index in [1.165, 1.54) is 29.6 Å². The molecule has 1 aliphatic heterocycles. The van der Waals surface area contributed by atoms with Gasteiger partial charge in [0.2, 0.25) is 10.0 Å². The van der Waals surface area contributed by atoms with E-state index >= 15 is 0 Å². The molecule has 1 fully saturated rings. The van der Waals surface area contributed by atoms with Gasteiger partial charge < -0.3 is 9.47 Å². The van der Waals surface area contributed by atoms with Crippen molar-refractivity contribution in [1.82, 2.24) is 4.31 Å². The number of carbonyl (C=O) groups excluding carboxylic acids is 1. The van der Waals surface area contributed by atoms with E-state index in [2.05, 4.69) is 0 Å². The van der Waals surface area contributed by atoms with E-state index in [0.717, 1.165) is 12.8 Å². The van der Waals surface area contributed by atoms with Crippen molar-refractivity contribution in [2.24, 2.45) is 0 Å². The van der Waals surface area contributed by atoms with Crippen molar-refractivity contribution in [3.05, 3.63) is 58.6 Å². The van der Waals surface area contributed by atoms with Crippen LogP contribution in [0.2, 0.25) is 5.02 Å². The zero-order valence-electron chi connectivity index (χ0n) is 15.7. The third kappa shape index (κ3) is 4.16. The first-order valence-electron chi connectivity index (χ1n) is 8.98. The van der Waals surface area contributed by atoms with Crippen LogP contribution in [-0.4, -0.2) is 38.9 Å². The van der Waals surface area contributed by atoms with Gasteiger partial charge in [-0.1, -0.05) is 29.8 Å². The Morgan fingerprint density at radius 3 is 2.46 bits per heavy atom. The van der Waals surface area contributed by atoms with Crippen molar-refractivity contribution in [2.75, 3.05) is 20.2 Å². The van der Waals surface area contributed by atoms with Crippen molar-refractivity contribution in [1.29, 1.82) is 0 Å². The van der Waals surface area contributed by atoms with E-state index in [9.17, 15) is 13.2 Å². The van der Waals surface area contributed by atoms with Crippen molar-refractivity contribution in [3.63, 3.8) is 0 Å². The number of methoxy groups -OCH3 is 1. The highest BCUT2D eigenvalue weighted by molar-refractivity contribution is 7.89. The molecule has 1 aliphatic rings. The first-order chi connectivity index (χ1) is 13.3.